The van der Waals surface area contributed by atoms with Gasteiger partial charge in [0.15, 0.2) is 5.82 Å². The van der Waals surface area contributed by atoms with Crippen molar-refractivity contribution in [1.82, 2.24) is 14.5 Å². The van der Waals surface area contributed by atoms with Gasteiger partial charge < -0.3 is 4.57 Å². The van der Waals surface area contributed by atoms with Gasteiger partial charge in [-0.25, -0.2) is 9.97 Å². The molecule has 0 bridgehead atoms. The topological polar surface area (TPSA) is 30.7 Å². The van der Waals surface area contributed by atoms with Crippen LogP contribution in [0.15, 0.2) is 200 Å². The summed E-state index contributed by atoms with van der Waals surface area (Å²) in [7, 11) is 0. The molecule has 0 radical (unpaired) electrons. The highest BCUT2D eigenvalue weighted by atomic mass is 15.0. The fourth-order valence-corrected chi connectivity index (χ4v) is 7.59. The quantitative estimate of drug-likeness (QED) is 0.176. The van der Waals surface area contributed by atoms with E-state index in [1.165, 1.54) is 49.3 Å². The molecule has 10 rings (SSSR count). The second-order valence-electron chi connectivity index (χ2n) is 13.4. The third-order valence-corrected chi connectivity index (χ3v) is 10.3. The van der Waals surface area contributed by atoms with Crippen LogP contribution in [0.4, 0.5) is 0 Å². The molecule has 0 saturated carbocycles. The first kappa shape index (κ1) is 30.7. The maximum absolute atomic E-state index is 5.08. The second-order valence-corrected chi connectivity index (χ2v) is 13.4. The Kier molecular flexibility index (Phi) is 7.47. The lowest BCUT2D eigenvalue weighted by atomic mass is 9.98. The van der Waals surface area contributed by atoms with Gasteiger partial charge in [-0.3, -0.25) is 0 Å². The highest BCUT2D eigenvalue weighted by molar-refractivity contribution is 6.09. The molecule has 248 valence electrons. The lowest BCUT2D eigenvalue weighted by Gasteiger charge is -2.12. The number of hydrogen-bond donors (Lipinski definition) is 0. The zero-order chi connectivity index (χ0) is 35.1. The summed E-state index contributed by atoms with van der Waals surface area (Å²) in [5.41, 5.74) is 13.3. The monoisotopic (exact) mass is 675 g/mol. The Morgan fingerprint density at radius 3 is 1.42 bits per heavy atom. The average molecular weight is 676 g/mol. The highest BCUT2D eigenvalue weighted by Gasteiger charge is 2.14. The van der Waals surface area contributed by atoms with Gasteiger partial charge >= 0.3 is 0 Å². The van der Waals surface area contributed by atoms with Crippen molar-refractivity contribution >= 4 is 32.6 Å². The van der Waals surface area contributed by atoms with Crippen LogP contribution in [-0.2, 0) is 0 Å². The first-order valence-electron chi connectivity index (χ1n) is 18.0. The van der Waals surface area contributed by atoms with Crippen LogP contribution in [0, 0.1) is 0 Å². The third kappa shape index (κ3) is 5.56. The summed E-state index contributed by atoms with van der Waals surface area (Å²) in [5.74, 6) is 0.716. The van der Waals surface area contributed by atoms with E-state index in [9.17, 15) is 0 Å². The van der Waals surface area contributed by atoms with Crippen molar-refractivity contribution in [3.8, 4) is 61.8 Å². The molecule has 0 fully saturated rings. The van der Waals surface area contributed by atoms with Crippen LogP contribution in [0.5, 0.6) is 0 Å². The molecule has 0 saturated heterocycles. The summed E-state index contributed by atoms with van der Waals surface area (Å²) in [6.07, 6.45) is 0. The van der Waals surface area contributed by atoms with E-state index in [2.05, 4.69) is 187 Å². The molecule has 0 aliphatic rings. The van der Waals surface area contributed by atoms with Crippen molar-refractivity contribution in [2.24, 2.45) is 0 Å². The lowest BCUT2D eigenvalue weighted by molar-refractivity contribution is 1.18. The molecule has 0 atom stereocenters. The third-order valence-electron chi connectivity index (χ3n) is 10.3. The number of nitrogens with zero attached hydrogens (tertiary/aromatic N) is 3. The van der Waals surface area contributed by atoms with Crippen molar-refractivity contribution in [2.75, 3.05) is 0 Å². The van der Waals surface area contributed by atoms with Gasteiger partial charge in [0.1, 0.15) is 0 Å². The van der Waals surface area contributed by atoms with Crippen molar-refractivity contribution in [2.45, 2.75) is 0 Å². The van der Waals surface area contributed by atoms with Crippen LogP contribution in [0.1, 0.15) is 0 Å². The van der Waals surface area contributed by atoms with Crippen molar-refractivity contribution in [3.63, 3.8) is 0 Å². The Hall–Kier alpha value is -7.10. The van der Waals surface area contributed by atoms with E-state index in [0.29, 0.717) is 5.82 Å². The maximum Gasteiger partial charge on any atom is 0.160 e. The van der Waals surface area contributed by atoms with Crippen molar-refractivity contribution in [1.29, 1.82) is 0 Å². The Morgan fingerprint density at radius 1 is 0.321 bits per heavy atom. The lowest BCUT2D eigenvalue weighted by Crippen LogP contribution is -1.96. The summed E-state index contributed by atoms with van der Waals surface area (Å²) in [5, 5.41) is 4.92. The molecule has 0 amide bonds. The van der Waals surface area contributed by atoms with Gasteiger partial charge in [0.05, 0.1) is 22.4 Å². The molecule has 0 N–H and O–H groups in total. The minimum atomic E-state index is 0.716. The molecule has 2 heterocycles. The van der Waals surface area contributed by atoms with Gasteiger partial charge in [-0.15, -0.1) is 0 Å². The van der Waals surface area contributed by atoms with Crippen molar-refractivity contribution in [3.05, 3.63) is 200 Å². The summed E-state index contributed by atoms with van der Waals surface area (Å²) >= 11 is 0. The molecular weight excluding hydrogens is 643 g/mol. The van der Waals surface area contributed by atoms with E-state index < -0.39 is 0 Å². The highest BCUT2D eigenvalue weighted by Crippen LogP contribution is 2.35. The van der Waals surface area contributed by atoms with E-state index in [-0.39, 0.29) is 0 Å². The molecular formula is C50H33N3. The summed E-state index contributed by atoms with van der Waals surface area (Å²) < 4.78 is 2.36. The first-order chi connectivity index (χ1) is 26.3. The predicted octanol–water partition coefficient (Wildman–Crippen LogP) is 13.1. The van der Waals surface area contributed by atoms with Gasteiger partial charge in [-0.05, 0) is 63.4 Å². The van der Waals surface area contributed by atoms with Crippen molar-refractivity contribution < 1.29 is 0 Å². The number of hydrogen-bond acceptors (Lipinski definition) is 2. The summed E-state index contributed by atoms with van der Waals surface area (Å²) in [6, 6.07) is 70.9. The molecule has 0 aliphatic carbocycles. The maximum atomic E-state index is 5.08. The van der Waals surface area contributed by atoms with Crippen LogP contribution in [0.2, 0.25) is 0 Å². The second kappa shape index (κ2) is 12.9. The molecule has 0 aliphatic heterocycles. The van der Waals surface area contributed by atoms with Gasteiger partial charge in [0, 0.05) is 33.2 Å². The van der Waals surface area contributed by atoms with E-state index in [4.69, 9.17) is 9.97 Å². The van der Waals surface area contributed by atoms with Crippen LogP contribution >= 0.6 is 0 Å². The zero-order valence-corrected chi connectivity index (χ0v) is 28.9. The minimum Gasteiger partial charge on any atom is -0.309 e. The van der Waals surface area contributed by atoms with E-state index >= 15 is 0 Å². The fraction of sp³-hybridized carbons (Fsp3) is 0. The van der Waals surface area contributed by atoms with Gasteiger partial charge in [-0.1, -0.05) is 170 Å². The Bertz CT molecular complexity index is 2850. The minimum absolute atomic E-state index is 0.716. The van der Waals surface area contributed by atoms with E-state index in [1.807, 2.05) is 18.2 Å². The molecule has 10 aromatic rings. The molecule has 0 spiro atoms. The zero-order valence-electron chi connectivity index (χ0n) is 28.9. The molecule has 2 aromatic heterocycles. The molecule has 53 heavy (non-hydrogen) atoms. The predicted molar refractivity (Wildman–Crippen MR) is 221 cm³/mol. The van der Waals surface area contributed by atoms with E-state index in [1.54, 1.807) is 0 Å². The molecule has 3 nitrogen and oxygen atoms in total. The summed E-state index contributed by atoms with van der Waals surface area (Å²) in [6.45, 7) is 0. The van der Waals surface area contributed by atoms with Gasteiger partial charge in [-0.2, -0.15) is 0 Å². The van der Waals surface area contributed by atoms with Crippen LogP contribution in [0.25, 0.3) is 94.4 Å². The van der Waals surface area contributed by atoms with Gasteiger partial charge in [0.25, 0.3) is 0 Å². The van der Waals surface area contributed by atoms with E-state index in [0.717, 1.165) is 39.3 Å². The Morgan fingerprint density at radius 2 is 0.792 bits per heavy atom. The Balaban J connectivity index is 0.947. The SMILES string of the molecule is c1ccc(-c2nc(-c3ccc(-c4ccc(-c5ccc(-n6c7ccccc7c7ccccc76)cc5)cc4)cc3)cc(-c3cccc4ccccc34)n2)cc1. The summed E-state index contributed by atoms with van der Waals surface area (Å²) in [4.78, 5) is 10.1. The number of benzene rings is 8. The molecule has 8 aromatic carbocycles. The Labute approximate surface area is 308 Å². The first-order valence-corrected chi connectivity index (χ1v) is 18.0. The van der Waals surface area contributed by atoms with Crippen LogP contribution < -0.4 is 0 Å². The number of fused-ring (bicyclic) bond motifs is 4. The number of rotatable bonds is 6. The van der Waals surface area contributed by atoms with Crippen LogP contribution in [0.3, 0.4) is 0 Å². The number of aromatic nitrogens is 3. The largest absolute Gasteiger partial charge is 0.309 e. The van der Waals surface area contributed by atoms with Gasteiger partial charge in [0.2, 0.25) is 0 Å². The normalized spacial score (nSPS) is 11.4. The molecule has 3 heteroatoms. The van der Waals surface area contributed by atoms with Crippen LogP contribution in [-0.4, -0.2) is 14.5 Å². The average Bonchev–Trinajstić information content (AvgIpc) is 3.58. The standard InChI is InChI=1S/C50H33N3/c1-2-12-40(13-3-1)50-51-46(33-47(52-50)43-18-10-14-38-11-4-5-15-42(38)43)39-27-25-36(26-28-39)34-21-23-35(24-22-34)37-29-31-41(32-30-37)53-48-19-8-6-16-44(48)45-17-7-9-20-49(45)53/h1-33H. The smallest absolute Gasteiger partial charge is 0.160 e. The fourth-order valence-electron chi connectivity index (χ4n) is 7.59. The number of para-hydroxylation sites is 2. The molecule has 0 unspecified atom stereocenters.